The van der Waals surface area contributed by atoms with Gasteiger partial charge >= 0.3 is 30.8 Å². The van der Waals surface area contributed by atoms with Crippen molar-refractivity contribution in [3.63, 3.8) is 0 Å². The Kier molecular flexibility index (Phi) is 28.1. The molecule has 0 radical (unpaired) electrons. The molecule has 0 spiro atoms. The molecule has 0 aromatic heterocycles. The van der Waals surface area contributed by atoms with E-state index in [0.29, 0.717) is 34.0 Å². The predicted octanol–water partition coefficient (Wildman–Crippen LogP) is 17.4. The molecule has 94 heavy (non-hydrogen) atoms. The maximum Gasteiger partial charge on any atom is 1.00 e. The summed E-state index contributed by atoms with van der Waals surface area (Å²) < 4.78 is 14.5. The molecule has 12 aliphatic carbocycles. The van der Waals surface area contributed by atoms with Gasteiger partial charge in [0, 0.05) is 25.7 Å². The predicted molar refractivity (Wildman–Crippen MR) is 386 cm³/mol. The third-order valence-electron chi connectivity index (χ3n) is 29.4. The molecule has 0 aromatic carbocycles. The SMILES string of the molecule is C.C.C.C1CCOC1.CC(C)(O)CCC[C@H]1CC[C@H]2[C@@H]3CC=C4C[C@@](C)(O)CC[C@]4(C)[C@H]3CC[C@]12C.COC(=O)/C=C/CC1=CC[C@H]2[C@@H]3CC=C4C[C@@](C)(O)CC[C@]4(C)[C@H]3CC[C@]12C.COC(=O)CCC[C@H]1CC[C@H]2[C@@H]3CC=C4C[C@@](C)(O)CC[C@]4(C)[C@H]3CC[C@]12C.[CH3-].[Li+]. The van der Waals surface area contributed by atoms with E-state index in [0.717, 1.165) is 143 Å². The fourth-order valence-corrected chi connectivity index (χ4v) is 23.8. The molecular weight excluding hydrogens is 1160 g/mol. The van der Waals surface area contributed by atoms with Crippen LogP contribution >= 0.6 is 0 Å². The number of esters is 2. The van der Waals surface area contributed by atoms with Gasteiger partial charge in [-0.25, -0.2) is 4.79 Å². The number of rotatable bonds is 11. The Labute approximate surface area is 589 Å². The van der Waals surface area contributed by atoms with Crippen LogP contribution < -0.4 is 18.9 Å². The van der Waals surface area contributed by atoms with Gasteiger partial charge < -0.3 is 42.1 Å². The topological polar surface area (TPSA) is 143 Å². The van der Waals surface area contributed by atoms with Crippen molar-refractivity contribution >= 4 is 11.9 Å². The van der Waals surface area contributed by atoms with Crippen LogP contribution in [0.5, 0.6) is 0 Å². The molecule has 4 N–H and O–H groups in total. The molecule has 0 unspecified atom stereocenters. The summed E-state index contributed by atoms with van der Waals surface area (Å²) >= 11 is 0. The van der Waals surface area contributed by atoms with Crippen LogP contribution in [0.4, 0.5) is 0 Å². The Morgan fingerprint density at radius 2 is 0.947 bits per heavy atom. The van der Waals surface area contributed by atoms with Crippen molar-refractivity contribution in [1.29, 1.82) is 0 Å². The summed E-state index contributed by atoms with van der Waals surface area (Å²) in [6.07, 6.45) is 50.4. The molecule has 8 saturated carbocycles. The molecule has 10 heteroatoms. The molecule has 0 aromatic rings. The van der Waals surface area contributed by atoms with E-state index < -0.39 is 22.4 Å². The fourth-order valence-electron chi connectivity index (χ4n) is 23.8. The number of carbonyl (C=O) groups excluding carboxylic acids is 2. The molecule has 1 aliphatic heterocycles. The molecule has 534 valence electrons. The molecule has 1 heterocycles. The van der Waals surface area contributed by atoms with Gasteiger partial charge in [0.15, 0.2) is 0 Å². The second kappa shape index (κ2) is 31.9. The molecule has 1 saturated heterocycles. The second-order valence-corrected chi connectivity index (χ2v) is 35.5. The number of hydrogen-bond donors (Lipinski definition) is 4. The van der Waals surface area contributed by atoms with E-state index in [1.165, 1.54) is 154 Å². The Balaban J connectivity index is 0.000000239. The van der Waals surface area contributed by atoms with Gasteiger partial charge in [-0.15, -0.1) is 0 Å². The third kappa shape index (κ3) is 16.8. The maximum absolute atomic E-state index is 11.5. The van der Waals surface area contributed by atoms with Crippen LogP contribution in [0.15, 0.2) is 58.7 Å². The second-order valence-electron chi connectivity index (χ2n) is 35.5. The van der Waals surface area contributed by atoms with Crippen LogP contribution in [-0.2, 0) is 23.8 Å². The van der Waals surface area contributed by atoms with Crippen LogP contribution in [0.2, 0.25) is 0 Å². The van der Waals surface area contributed by atoms with E-state index in [1.54, 1.807) is 17.2 Å². The van der Waals surface area contributed by atoms with Crippen molar-refractivity contribution in [3.05, 3.63) is 66.2 Å². The summed E-state index contributed by atoms with van der Waals surface area (Å²) in [5, 5.41) is 41.9. The summed E-state index contributed by atoms with van der Waals surface area (Å²) in [6.45, 7) is 27.1. The first-order valence-electron chi connectivity index (χ1n) is 36.9. The minimum Gasteiger partial charge on any atom is -0.469 e. The smallest absolute Gasteiger partial charge is 0.469 e. The van der Waals surface area contributed by atoms with Gasteiger partial charge in [-0.2, -0.15) is 0 Å². The first-order chi connectivity index (χ1) is 41.8. The number of fused-ring (bicyclic) bond motifs is 15. The van der Waals surface area contributed by atoms with Gasteiger partial charge in [0.05, 0.1) is 36.6 Å². The molecule has 13 rings (SSSR count). The standard InChI is InChI=1S/C26H44O2.C25H40O3.C25H36O3.C4H8O.3CH4.CH3.Li/c1-23(2,27)13-6-7-18-9-11-21-20-10-8-19-17-24(3,28)15-16-26(19,5)22(20)12-14-25(18,21)4;2*1-23(27)14-15-25(3)18(16-23)8-10-19-20-11-9-17(6-5-7-22(26)28-4)24(20,2)13-12-21(19)25;1-2-4-5-3-1;;;;;/h8,18,20-22,27-28H,6-7,9-17H2,1-5H3;8,17,19-21,27H,5-7,9-16H2,1-4H3;5,7-9,19-21,27H,6,10-16H2,1-4H3;1-4H2;3*1H4;1H3;/q;;;;;;;-1;+1/b;;7-5+;;;;;;/t18-,20-,21-,22-,24-,25+,26-;17-,19-,20-,21-,23-,24+,25-;19-,20-,21-,23-,24+,25-;;;;;;/m000....../s1. The van der Waals surface area contributed by atoms with Crippen LogP contribution in [0.3, 0.4) is 0 Å². The van der Waals surface area contributed by atoms with Gasteiger partial charge in [-0.1, -0.05) is 123 Å². The average molecular weight is 1300 g/mol. The van der Waals surface area contributed by atoms with Crippen LogP contribution in [-0.4, -0.2) is 82.2 Å². The van der Waals surface area contributed by atoms with Crippen molar-refractivity contribution in [2.45, 2.75) is 326 Å². The van der Waals surface area contributed by atoms with Crippen LogP contribution in [0, 0.1) is 105 Å². The first kappa shape index (κ1) is 82.7. The number of hydrogen-bond acceptors (Lipinski definition) is 9. The number of ether oxygens (including phenoxy) is 3. The zero-order valence-electron chi connectivity index (χ0n) is 60.7. The van der Waals surface area contributed by atoms with E-state index in [-0.39, 0.29) is 71.3 Å². The van der Waals surface area contributed by atoms with Crippen LogP contribution in [0.25, 0.3) is 0 Å². The summed E-state index contributed by atoms with van der Waals surface area (Å²) in [5.74, 6) is 8.54. The Morgan fingerprint density at radius 1 is 0.532 bits per heavy atom. The molecule has 13 aliphatic rings. The molecule has 9 fully saturated rings. The summed E-state index contributed by atoms with van der Waals surface area (Å²) in [6, 6.07) is 0. The van der Waals surface area contributed by atoms with E-state index in [4.69, 9.17) is 14.2 Å². The van der Waals surface area contributed by atoms with E-state index in [9.17, 15) is 30.0 Å². The molecule has 0 bridgehead atoms. The van der Waals surface area contributed by atoms with Crippen molar-refractivity contribution in [1.82, 2.24) is 0 Å². The summed E-state index contributed by atoms with van der Waals surface area (Å²) in [5.41, 5.74) is 6.33. The number of methoxy groups -OCH3 is 2. The molecule has 20 atom stereocenters. The van der Waals surface area contributed by atoms with Crippen molar-refractivity contribution in [2.24, 2.45) is 97.6 Å². The van der Waals surface area contributed by atoms with E-state index in [2.05, 4.69) is 65.8 Å². The number of aliphatic hydroxyl groups is 4. The van der Waals surface area contributed by atoms with E-state index in [1.807, 2.05) is 40.7 Å². The Morgan fingerprint density at radius 3 is 1.34 bits per heavy atom. The van der Waals surface area contributed by atoms with Crippen molar-refractivity contribution in [3.8, 4) is 0 Å². The largest absolute Gasteiger partial charge is 1.00 e. The van der Waals surface area contributed by atoms with Gasteiger partial charge in [0.1, 0.15) is 0 Å². The van der Waals surface area contributed by atoms with Crippen molar-refractivity contribution in [2.75, 3.05) is 27.4 Å². The zero-order chi connectivity index (χ0) is 64.2. The quantitative estimate of drug-likeness (QED) is 0.0523. The van der Waals surface area contributed by atoms with Gasteiger partial charge in [-0.05, 0) is 325 Å². The number of allylic oxidation sites excluding steroid dienone is 6. The van der Waals surface area contributed by atoms with Gasteiger partial charge in [0.25, 0.3) is 0 Å². The Hall–Kier alpha value is -1.96. The minimum absolute atomic E-state index is 0. The monoisotopic (exact) mass is 1300 g/mol. The normalized spacial score (nSPS) is 43.3. The van der Waals surface area contributed by atoms with Crippen molar-refractivity contribution < 1.29 is 63.1 Å². The third-order valence-corrected chi connectivity index (χ3v) is 29.4. The molecule has 0 amide bonds. The summed E-state index contributed by atoms with van der Waals surface area (Å²) in [7, 11) is 2.92. The zero-order valence-corrected chi connectivity index (χ0v) is 60.7. The maximum atomic E-state index is 11.5. The number of carbonyl (C=O) groups is 2. The van der Waals surface area contributed by atoms with Gasteiger partial charge in [0.2, 0.25) is 0 Å². The van der Waals surface area contributed by atoms with E-state index >= 15 is 0 Å². The first-order valence-corrected chi connectivity index (χ1v) is 36.9. The Bertz CT molecular complexity index is 2660. The average Bonchev–Trinajstić information content (AvgIpc) is 1.34. The minimum atomic E-state index is -0.518. The van der Waals surface area contributed by atoms with Gasteiger partial charge in [-0.3, -0.25) is 4.79 Å². The van der Waals surface area contributed by atoms with Crippen LogP contribution in [0.1, 0.15) is 304 Å². The molecular formula is C84H143LiO9. The summed E-state index contributed by atoms with van der Waals surface area (Å²) in [4.78, 5) is 22.9. The fraction of sp³-hybridized carbons (Fsp3) is 0.845. The molecule has 9 nitrogen and oxygen atoms in total.